The summed E-state index contributed by atoms with van der Waals surface area (Å²) < 4.78 is 38.7. The number of fused-ring (bicyclic) bond motifs is 3. The number of rotatable bonds is 0. The van der Waals surface area contributed by atoms with Crippen LogP contribution in [-0.2, 0) is 6.18 Å². The lowest BCUT2D eigenvalue weighted by molar-refractivity contribution is -0.137. The van der Waals surface area contributed by atoms with Gasteiger partial charge >= 0.3 is 6.18 Å². The fourth-order valence-electron chi connectivity index (χ4n) is 2.67. The zero-order valence-corrected chi connectivity index (χ0v) is 11.4. The average molecular weight is 291 g/mol. The van der Waals surface area contributed by atoms with Gasteiger partial charge in [-0.3, -0.25) is 4.79 Å². The molecule has 0 aliphatic carbocycles. The molecule has 0 aliphatic heterocycles. The monoisotopic (exact) mass is 291 g/mol. The maximum absolute atomic E-state index is 12.9. The largest absolute Gasteiger partial charge is 0.416 e. The second kappa shape index (κ2) is 4.35. The first-order chi connectivity index (χ1) is 9.77. The van der Waals surface area contributed by atoms with E-state index in [4.69, 9.17) is 0 Å². The predicted octanol–water partition coefficient (Wildman–Crippen LogP) is 4.32. The van der Waals surface area contributed by atoms with Gasteiger partial charge in [0.25, 0.3) is 5.56 Å². The van der Waals surface area contributed by atoms with Crippen molar-refractivity contribution in [2.45, 2.75) is 20.0 Å². The number of H-pyrrole nitrogens is 1. The quantitative estimate of drug-likeness (QED) is 0.615. The lowest BCUT2D eigenvalue weighted by Gasteiger charge is -2.11. The van der Waals surface area contributed by atoms with Crippen LogP contribution in [0.5, 0.6) is 0 Å². The van der Waals surface area contributed by atoms with Crippen LogP contribution in [0.15, 0.2) is 35.1 Å². The molecule has 2 aromatic carbocycles. The van der Waals surface area contributed by atoms with Crippen LogP contribution in [0.2, 0.25) is 0 Å². The Bertz CT molecular complexity index is 923. The molecule has 0 aliphatic rings. The number of halogens is 3. The topological polar surface area (TPSA) is 32.9 Å². The first-order valence-corrected chi connectivity index (χ1v) is 6.41. The van der Waals surface area contributed by atoms with Gasteiger partial charge in [0.1, 0.15) is 0 Å². The molecule has 0 saturated heterocycles. The number of alkyl halides is 3. The third-order valence-corrected chi connectivity index (χ3v) is 3.60. The average Bonchev–Trinajstić information content (AvgIpc) is 2.39. The van der Waals surface area contributed by atoms with Crippen molar-refractivity contribution >= 4 is 21.7 Å². The SMILES string of the molecule is Cc1cc(C)c2[nH]c(=O)c3ccc(C(F)(F)F)cc3c2c1. The van der Waals surface area contributed by atoms with Crippen molar-refractivity contribution in [3.05, 3.63) is 57.4 Å². The third kappa shape index (κ3) is 2.18. The fraction of sp³-hybridized carbons (Fsp3) is 0.188. The van der Waals surface area contributed by atoms with Gasteiger partial charge in [-0.2, -0.15) is 13.2 Å². The van der Waals surface area contributed by atoms with E-state index >= 15 is 0 Å². The van der Waals surface area contributed by atoms with E-state index in [2.05, 4.69) is 4.98 Å². The van der Waals surface area contributed by atoms with Crippen molar-refractivity contribution in [3.63, 3.8) is 0 Å². The Morgan fingerprint density at radius 1 is 0.952 bits per heavy atom. The number of hydrogen-bond acceptors (Lipinski definition) is 1. The first-order valence-electron chi connectivity index (χ1n) is 6.41. The van der Waals surface area contributed by atoms with Gasteiger partial charge in [-0.05, 0) is 49.1 Å². The number of aromatic amines is 1. The number of pyridine rings is 1. The van der Waals surface area contributed by atoms with E-state index in [0.29, 0.717) is 16.3 Å². The van der Waals surface area contributed by atoms with Gasteiger partial charge < -0.3 is 4.98 Å². The molecule has 21 heavy (non-hydrogen) atoms. The highest BCUT2D eigenvalue weighted by atomic mass is 19.4. The first kappa shape index (κ1) is 13.7. The minimum absolute atomic E-state index is 0.264. The standard InChI is InChI=1S/C16H12F3NO/c1-8-5-9(2)14-13(6-8)12-7-10(16(17,18)19)3-4-11(12)15(21)20-14/h3-7H,1-2H3,(H,20,21). The van der Waals surface area contributed by atoms with Gasteiger partial charge in [0.2, 0.25) is 0 Å². The van der Waals surface area contributed by atoms with Gasteiger partial charge in [-0.1, -0.05) is 11.6 Å². The van der Waals surface area contributed by atoms with Crippen molar-refractivity contribution in [3.8, 4) is 0 Å². The molecule has 0 amide bonds. The van der Waals surface area contributed by atoms with Gasteiger partial charge in [0.05, 0.1) is 11.1 Å². The van der Waals surface area contributed by atoms with Crippen molar-refractivity contribution in [2.24, 2.45) is 0 Å². The summed E-state index contributed by atoms with van der Waals surface area (Å²) in [6, 6.07) is 6.89. The second-order valence-electron chi connectivity index (χ2n) is 5.22. The summed E-state index contributed by atoms with van der Waals surface area (Å²) in [4.78, 5) is 14.8. The molecule has 1 aromatic heterocycles. The molecule has 1 N–H and O–H groups in total. The summed E-state index contributed by atoms with van der Waals surface area (Å²) in [6.45, 7) is 3.70. The van der Waals surface area contributed by atoms with Crippen molar-refractivity contribution in [1.29, 1.82) is 0 Å². The van der Waals surface area contributed by atoms with E-state index in [1.165, 1.54) is 6.07 Å². The molecule has 1 heterocycles. The molecular formula is C16H12F3NO. The summed E-state index contributed by atoms with van der Waals surface area (Å²) in [5.74, 6) is 0. The minimum Gasteiger partial charge on any atom is -0.321 e. The molecule has 3 aromatic rings. The van der Waals surface area contributed by atoms with Crippen LogP contribution in [-0.4, -0.2) is 4.98 Å². The van der Waals surface area contributed by atoms with E-state index in [1.54, 1.807) is 6.07 Å². The van der Waals surface area contributed by atoms with Crippen LogP contribution in [0, 0.1) is 13.8 Å². The highest BCUT2D eigenvalue weighted by Crippen LogP contribution is 2.33. The molecule has 0 saturated carbocycles. The summed E-state index contributed by atoms with van der Waals surface area (Å²) in [5.41, 5.74) is 1.23. The van der Waals surface area contributed by atoms with Crippen LogP contribution in [0.3, 0.4) is 0 Å². The number of hydrogen-bond donors (Lipinski definition) is 1. The zero-order chi connectivity index (χ0) is 15.4. The van der Waals surface area contributed by atoms with E-state index < -0.39 is 11.7 Å². The predicted molar refractivity (Wildman–Crippen MR) is 76.6 cm³/mol. The molecule has 0 unspecified atom stereocenters. The van der Waals surface area contributed by atoms with Gasteiger partial charge in [-0.15, -0.1) is 0 Å². The number of aryl methyl sites for hydroxylation is 2. The number of benzene rings is 2. The molecule has 0 radical (unpaired) electrons. The highest BCUT2D eigenvalue weighted by molar-refractivity contribution is 6.06. The Labute approximate surface area is 118 Å². The molecule has 3 rings (SSSR count). The zero-order valence-electron chi connectivity index (χ0n) is 11.4. The number of nitrogens with one attached hydrogen (secondary N) is 1. The van der Waals surface area contributed by atoms with E-state index in [1.807, 2.05) is 19.9 Å². The maximum atomic E-state index is 12.9. The van der Waals surface area contributed by atoms with Gasteiger partial charge in [0, 0.05) is 10.8 Å². The lowest BCUT2D eigenvalue weighted by atomic mass is 10.00. The molecule has 5 heteroatoms. The Morgan fingerprint density at radius 2 is 1.67 bits per heavy atom. The van der Waals surface area contributed by atoms with E-state index in [-0.39, 0.29) is 10.9 Å². The van der Waals surface area contributed by atoms with Crippen LogP contribution in [0.1, 0.15) is 16.7 Å². The van der Waals surface area contributed by atoms with Crippen LogP contribution in [0.25, 0.3) is 21.7 Å². The number of aromatic nitrogens is 1. The normalized spacial score (nSPS) is 12.2. The maximum Gasteiger partial charge on any atom is 0.416 e. The van der Waals surface area contributed by atoms with Crippen LogP contribution < -0.4 is 5.56 Å². The smallest absolute Gasteiger partial charge is 0.321 e. The molecule has 2 nitrogen and oxygen atoms in total. The summed E-state index contributed by atoms with van der Waals surface area (Å²) in [6.07, 6.45) is -4.43. The molecule has 0 fully saturated rings. The molecule has 0 spiro atoms. The van der Waals surface area contributed by atoms with Crippen molar-refractivity contribution in [1.82, 2.24) is 4.98 Å². The van der Waals surface area contributed by atoms with Gasteiger partial charge in [-0.25, -0.2) is 0 Å². The molecule has 0 bridgehead atoms. The Balaban J connectivity index is 2.54. The third-order valence-electron chi connectivity index (χ3n) is 3.60. The summed E-state index contributed by atoms with van der Waals surface area (Å²) >= 11 is 0. The second-order valence-corrected chi connectivity index (χ2v) is 5.22. The molecule has 0 atom stereocenters. The lowest BCUT2D eigenvalue weighted by Crippen LogP contribution is -2.10. The minimum atomic E-state index is -4.43. The van der Waals surface area contributed by atoms with Crippen molar-refractivity contribution in [2.75, 3.05) is 0 Å². The molecule has 108 valence electrons. The highest BCUT2D eigenvalue weighted by Gasteiger charge is 2.30. The van der Waals surface area contributed by atoms with Crippen LogP contribution in [0.4, 0.5) is 13.2 Å². The Hall–Kier alpha value is -2.30. The Kier molecular flexibility index (Phi) is 2.83. The fourth-order valence-corrected chi connectivity index (χ4v) is 2.67. The van der Waals surface area contributed by atoms with Crippen LogP contribution >= 0.6 is 0 Å². The summed E-state index contributed by atoms with van der Waals surface area (Å²) in [7, 11) is 0. The molecular weight excluding hydrogens is 279 g/mol. The summed E-state index contributed by atoms with van der Waals surface area (Å²) in [5, 5.41) is 1.23. The van der Waals surface area contributed by atoms with Crippen molar-refractivity contribution < 1.29 is 13.2 Å². The van der Waals surface area contributed by atoms with E-state index in [0.717, 1.165) is 23.3 Å². The van der Waals surface area contributed by atoms with Gasteiger partial charge in [0.15, 0.2) is 0 Å². The Morgan fingerprint density at radius 3 is 2.33 bits per heavy atom. The van der Waals surface area contributed by atoms with E-state index in [9.17, 15) is 18.0 Å².